The summed E-state index contributed by atoms with van der Waals surface area (Å²) in [4.78, 5) is 21.4. The van der Waals surface area contributed by atoms with Gasteiger partial charge in [0.1, 0.15) is 11.2 Å². The molecule has 28 rings (SSSR count). The highest BCUT2D eigenvalue weighted by Gasteiger charge is 2.29. The third kappa shape index (κ3) is 10.4. The SMILES string of the molecule is c1ccc2c(-n3c4ccccc4c4ccc5ccccc5c43)c3c4ccccc4n(-c4ccc(-c5nc6ccccc6nc5-c5cccc6oc7ccccc7c56)cc4)c3cc2c1.c1ccc2c(-n3c4ccccc4c4ccc5ccccc5c43)c3c4ccccc4n(-c4ccc(-c5nc6ccccc6nc5-c5cccc6sc7ccccc7c56)cc4)c3cc2c1. The maximum Gasteiger partial charge on any atom is 0.136 e. The first-order chi connectivity index (χ1) is 62.5. The Morgan fingerprint density at radius 3 is 1.06 bits per heavy atom. The summed E-state index contributed by atoms with van der Waals surface area (Å²) in [6.07, 6.45) is 0. The van der Waals surface area contributed by atoms with Crippen LogP contribution in [0.25, 0.3) is 262 Å². The highest BCUT2D eigenvalue weighted by Crippen LogP contribution is 2.51. The lowest BCUT2D eigenvalue weighted by Crippen LogP contribution is -1.99. The third-order valence-electron chi connectivity index (χ3n) is 26.1. The van der Waals surface area contributed by atoms with Crippen LogP contribution in [0.15, 0.2) is 417 Å². The van der Waals surface area contributed by atoms with E-state index >= 15 is 0 Å². The van der Waals surface area contributed by atoms with Crippen molar-refractivity contribution in [2.24, 2.45) is 0 Å². The van der Waals surface area contributed by atoms with E-state index in [1.807, 2.05) is 72.0 Å². The van der Waals surface area contributed by atoms with Crippen LogP contribution in [0.3, 0.4) is 0 Å². The Kier molecular flexibility index (Phi) is 15.3. The predicted octanol–water partition coefficient (Wildman–Crippen LogP) is 31.2. The summed E-state index contributed by atoms with van der Waals surface area (Å²) < 4.78 is 18.8. The average molecular weight is 1620 g/mol. The number of thiophene rings is 1. The Balaban J connectivity index is 0.000000131. The summed E-state index contributed by atoms with van der Waals surface area (Å²) in [7, 11) is 0. The fraction of sp³-hybridized carbons (Fsp3) is 0. The molecule has 0 spiro atoms. The minimum Gasteiger partial charge on any atom is -0.456 e. The first-order valence-corrected chi connectivity index (χ1v) is 43.6. The van der Waals surface area contributed by atoms with E-state index < -0.39 is 0 Å². The topological polar surface area (TPSA) is 84.4 Å². The van der Waals surface area contributed by atoms with Gasteiger partial charge in [-0.3, -0.25) is 0 Å². The third-order valence-corrected chi connectivity index (χ3v) is 27.3. The molecule has 20 aromatic carbocycles. The minimum absolute atomic E-state index is 0.824. The van der Waals surface area contributed by atoms with E-state index in [0.29, 0.717) is 0 Å². The molecule has 28 aromatic rings. The zero-order chi connectivity index (χ0) is 82.3. The van der Waals surface area contributed by atoms with Gasteiger partial charge in [0.2, 0.25) is 0 Å². The number of rotatable bonds is 8. The molecule has 0 N–H and O–H groups in total. The number of benzene rings is 20. The largest absolute Gasteiger partial charge is 0.456 e. The summed E-state index contributed by atoms with van der Waals surface area (Å²) in [5, 5.41) is 24.2. The molecule has 0 atom stereocenters. The van der Waals surface area contributed by atoms with Gasteiger partial charge in [-0.2, -0.15) is 0 Å². The molecule has 0 aliphatic heterocycles. The van der Waals surface area contributed by atoms with Crippen LogP contribution in [0.4, 0.5) is 0 Å². The van der Waals surface area contributed by atoms with Crippen molar-refractivity contribution in [3.8, 4) is 67.8 Å². The Hall–Kier alpha value is -16.7. The minimum atomic E-state index is 0.824. The van der Waals surface area contributed by atoms with Crippen molar-refractivity contribution in [3.05, 3.63) is 413 Å². The van der Waals surface area contributed by atoms with Gasteiger partial charge < -0.3 is 22.7 Å². The van der Waals surface area contributed by atoms with E-state index in [9.17, 15) is 0 Å². The molecule has 0 radical (unpaired) electrons. The van der Waals surface area contributed by atoms with E-state index in [1.54, 1.807) is 0 Å². The highest BCUT2D eigenvalue weighted by molar-refractivity contribution is 7.26. The molecule has 0 saturated heterocycles. The molecule has 9 nitrogen and oxygen atoms in total. The second kappa shape index (κ2) is 27.4. The molecule has 0 bridgehead atoms. The Bertz CT molecular complexity index is 8970. The van der Waals surface area contributed by atoms with Gasteiger partial charge in [-0.25, -0.2) is 19.9 Å². The maximum atomic E-state index is 6.34. The number of hydrogen-bond donors (Lipinski definition) is 0. The van der Waals surface area contributed by atoms with Gasteiger partial charge in [-0.1, -0.05) is 303 Å². The zero-order valence-electron chi connectivity index (χ0n) is 67.7. The van der Waals surface area contributed by atoms with Gasteiger partial charge in [0.25, 0.3) is 0 Å². The smallest absolute Gasteiger partial charge is 0.136 e. The second-order valence-corrected chi connectivity index (χ2v) is 34.0. The molecule has 126 heavy (non-hydrogen) atoms. The molecule has 8 aromatic heterocycles. The van der Waals surface area contributed by atoms with Crippen LogP contribution in [0.5, 0.6) is 0 Å². The normalized spacial score (nSPS) is 12.1. The van der Waals surface area contributed by atoms with Crippen molar-refractivity contribution < 1.29 is 4.42 Å². The quantitative estimate of drug-likeness (QED) is 0.151. The van der Waals surface area contributed by atoms with E-state index in [4.69, 9.17) is 24.4 Å². The predicted molar refractivity (Wildman–Crippen MR) is 528 cm³/mol. The monoisotopic (exact) mass is 1620 g/mol. The lowest BCUT2D eigenvalue weighted by atomic mass is 9.98. The number of furan rings is 1. The molecular weight excluding hydrogens is 1550 g/mol. The van der Waals surface area contributed by atoms with E-state index in [1.165, 1.54) is 140 Å². The van der Waals surface area contributed by atoms with Crippen LogP contribution >= 0.6 is 11.3 Å². The van der Waals surface area contributed by atoms with Gasteiger partial charge in [0.15, 0.2) is 0 Å². The number of nitrogens with zero attached hydrogens (tertiary/aromatic N) is 8. The number of aromatic nitrogens is 8. The van der Waals surface area contributed by atoms with Crippen LogP contribution in [0.2, 0.25) is 0 Å². The van der Waals surface area contributed by atoms with Crippen molar-refractivity contribution in [1.82, 2.24) is 38.2 Å². The molecule has 584 valence electrons. The van der Waals surface area contributed by atoms with E-state index in [-0.39, 0.29) is 0 Å². The standard InChI is InChI=1S/C58H34N4O.C58H34N4S/c2*1-3-16-39-35(14-1)30-33-42-41-18-5-10-24-48(41)62(57(39)42)58-40-17-4-2-15-37(40)34-50-54(58)43-19-6-11-25-49(43)61(50)38-31-28-36(29-32-38)55-56(60-47-23-9-8-22-46(47)59-55)45-21-13-27-52-53(45)44-20-7-12-26-51(44)63-52/h2*1-34H. The average Bonchev–Trinajstić information content (AvgIpc) is 1.54. The number of para-hydroxylation sites is 9. The summed E-state index contributed by atoms with van der Waals surface area (Å²) in [5.74, 6) is 0. The van der Waals surface area contributed by atoms with Crippen molar-refractivity contribution in [1.29, 1.82) is 0 Å². The highest BCUT2D eigenvalue weighted by atomic mass is 32.1. The number of hydrogen-bond acceptors (Lipinski definition) is 6. The lowest BCUT2D eigenvalue weighted by Gasteiger charge is -2.16. The van der Waals surface area contributed by atoms with Crippen molar-refractivity contribution >= 4 is 206 Å². The summed E-state index contributed by atoms with van der Waals surface area (Å²) in [5.41, 5.74) is 26.6. The molecule has 0 aliphatic carbocycles. The van der Waals surface area contributed by atoms with Crippen molar-refractivity contribution in [2.45, 2.75) is 0 Å². The Morgan fingerprint density at radius 2 is 0.563 bits per heavy atom. The lowest BCUT2D eigenvalue weighted by molar-refractivity contribution is 0.669. The Morgan fingerprint density at radius 1 is 0.206 bits per heavy atom. The fourth-order valence-corrected chi connectivity index (χ4v) is 21.9. The summed E-state index contributed by atoms with van der Waals surface area (Å²) in [6.45, 7) is 0. The maximum absolute atomic E-state index is 6.34. The molecular formula is C116H68N8OS. The van der Waals surface area contributed by atoms with Gasteiger partial charge in [-0.05, 0) is 131 Å². The first-order valence-electron chi connectivity index (χ1n) is 42.8. The Labute approximate surface area is 723 Å². The second-order valence-electron chi connectivity index (χ2n) is 32.9. The van der Waals surface area contributed by atoms with Gasteiger partial charge in [0.05, 0.1) is 100 Å². The van der Waals surface area contributed by atoms with Gasteiger partial charge in [0, 0.05) is 129 Å². The summed E-state index contributed by atoms with van der Waals surface area (Å²) >= 11 is 1.83. The molecule has 10 heteroatoms. The molecule has 0 amide bonds. The number of fused-ring (bicyclic) bond motifs is 26. The van der Waals surface area contributed by atoms with Gasteiger partial charge in [-0.15, -0.1) is 11.3 Å². The zero-order valence-corrected chi connectivity index (χ0v) is 68.5. The van der Waals surface area contributed by atoms with Crippen LogP contribution in [0.1, 0.15) is 0 Å². The molecule has 0 unspecified atom stereocenters. The van der Waals surface area contributed by atoms with Gasteiger partial charge >= 0.3 is 0 Å². The van der Waals surface area contributed by atoms with Crippen LogP contribution in [-0.2, 0) is 0 Å². The molecule has 0 aliphatic rings. The van der Waals surface area contributed by atoms with Crippen LogP contribution in [0, 0.1) is 0 Å². The van der Waals surface area contributed by atoms with Crippen molar-refractivity contribution in [2.75, 3.05) is 0 Å². The van der Waals surface area contributed by atoms with Crippen LogP contribution in [-0.4, -0.2) is 38.2 Å². The first kappa shape index (κ1) is 70.1. The van der Waals surface area contributed by atoms with E-state index in [0.717, 1.165) is 122 Å². The molecule has 8 heterocycles. The van der Waals surface area contributed by atoms with E-state index in [2.05, 4.69) is 370 Å². The molecule has 0 saturated carbocycles. The van der Waals surface area contributed by atoms with Crippen LogP contribution < -0.4 is 0 Å². The molecule has 0 fully saturated rings. The fourth-order valence-electron chi connectivity index (χ4n) is 20.7. The van der Waals surface area contributed by atoms with Crippen molar-refractivity contribution in [3.63, 3.8) is 0 Å². The summed E-state index contributed by atoms with van der Waals surface area (Å²) in [6, 6.07) is 148.